The number of nitrogens with zero attached hydrogens (tertiary/aromatic N) is 9. The molecule has 3 unspecified atom stereocenters. The fraction of sp³-hybridized carbons (Fsp3) is 0.500. The van der Waals surface area contributed by atoms with Crippen molar-refractivity contribution >= 4 is 35.0 Å². The first-order valence-electron chi connectivity index (χ1n) is 23.8. The standard InChI is InChI=1S/C50H65N13O6S/c1-31(26-62-17-15-41(59-62)40-14-13-37(25-51)33(3)54-40)53-47(66)42-23-38(57-58-42)29-69-22-8-16-60-18-20-61(21-19-60)28-44(65)56-46(50(5,6)7)49(68)63-27-39(64)24-43(63)48(67)55-32(2)35-9-11-36(12-10-35)45-34(4)52-30-70-45/h9-15,17,23,30-32,39,43,46,64H,8,16,18-22,24,26-29H2,1-7H3,(H,53,66)(H,55,67)(H,56,65)(H,57,58)/t31?,32?,39-,43+,46?/m1/s1. The quantitative estimate of drug-likeness (QED) is 0.0737. The molecule has 19 nitrogen and oxygen atoms in total. The molecule has 0 aliphatic carbocycles. The van der Waals surface area contributed by atoms with Crippen LogP contribution < -0.4 is 16.0 Å². The number of piperazine rings is 1. The van der Waals surface area contributed by atoms with Gasteiger partial charge >= 0.3 is 0 Å². The highest BCUT2D eigenvalue weighted by atomic mass is 32.1. The second kappa shape index (κ2) is 23.0. The molecule has 5 aromatic rings. The van der Waals surface area contributed by atoms with E-state index in [0.717, 1.165) is 47.8 Å². The van der Waals surface area contributed by atoms with Crippen molar-refractivity contribution in [1.29, 1.82) is 5.26 Å². The van der Waals surface area contributed by atoms with Gasteiger partial charge in [0.25, 0.3) is 5.91 Å². The van der Waals surface area contributed by atoms with Crippen molar-refractivity contribution in [2.45, 2.75) is 105 Å². The third-order valence-electron chi connectivity index (χ3n) is 12.7. The zero-order chi connectivity index (χ0) is 50.1. The SMILES string of the molecule is Cc1nc(-c2ccn(CC(C)NC(=O)c3cc(COCCCN4CCN(CC(=O)NC(C(=O)N5C[C@H](O)C[C@H]5C(=O)NC(C)c5ccc(-c6scnc6C)cc5)C(C)(C)C)CC4)[nH]n3)n2)ccc1C#N. The third kappa shape index (κ3) is 13.3. The topological polar surface area (TPSA) is 240 Å². The Labute approximate surface area is 413 Å². The minimum absolute atomic E-state index is 0.00490. The molecule has 5 atom stereocenters. The number of hydrogen-bond acceptors (Lipinski definition) is 14. The molecule has 372 valence electrons. The number of hydrogen-bond donors (Lipinski definition) is 5. The maximum atomic E-state index is 14.2. The summed E-state index contributed by atoms with van der Waals surface area (Å²) in [4.78, 5) is 70.1. The van der Waals surface area contributed by atoms with Crippen LogP contribution in [0.3, 0.4) is 0 Å². The summed E-state index contributed by atoms with van der Waals surface area (Å²) in [7, 11) is 0. The summed E-state index contributed by atoms with van der Waals surface area (Å²) in [5.74, 6) is -1.32. The molecule has 2 saturated heterocycles. The normalized spacial score (nSPS) is 18.0. The Morgan fingerprint density at radius 2 is 1.71 bits per heavy atom. The molecule has 70 heavy (non-hydrogen) atoms. The molecule has 2 fully saturated rings. The van der Waals surface area contributed by atoms with Crippen LogP contribution in [0.4, 0.5) is 0 Å². The summed E-state index contributed by atoms with van der Waals surface area (Å²) in [5, 5.41) is 40.5. The van der Waals surface area contributed by atoms with E-state index in [1.165, 1.54) is 4.90 Å². The monoisotopic (exact) mass is 975 g/mol. The predicted molar refractivity (Wildman–Crippen MR) is 264 cm³/mol. The number of aliphatic hydroxyl groups excluding tert-OH is 1. The Kier molecular flexibility index (Phi) is 16.9. The van der Waals surface area contributed by atoms with E-state index < -0.39 is 29.5 Å². The average Bonchev–Trinajstić information content (AvgIpc) is 4.16. The lowest BCUT2D eigenvalue weighted by molar-refractivity contribution is -0.144. The molecule has 20 heteroatoms. The Morgan fingerprint density at radius 1 is 0.971 bits per heavy atom. The Morgan fingerprint density at radius 3 is 2.40 bits per heavy atom. The molecule has 2 aliphatic rings. The number of aliphatic hydroxyl groups is 1. The fourth-order valence-corrected chi connectivity index (χ4v) is 9.58. The highest BCUT2D eigenvalue weighted by molar-refractivity contribution is 7.13. The number of thiazole rings is 1. The molecule has 0 spiro atoms. The number of likely N-dealkylation sites (tertiary alicyclic amines) is 1. The van der Waals surface area contributed by atoms with E-state index >= 15 is 0 Å². The van der Waals surface area contributed by atoms with Crippen molar-refractivity contribution in [2.75, 3.05) is 52.4 Å². The number of aromatic amines is 1. The molecule has 6 heterocycles. The number of aryl methyl sites for hydroxylation is 2. The summed E-state index contributed by atoms with van der Waals surface area (Å²) in [6.45, 7) is 18.3. The van der Waals surface area contributed by atoms with Gasteiger partial charge in [-0.3, -0.25) is 38.8 Å². The molecule has 4 amide bonds. The van der Waals surface area contributed by atoms with Gasteiger partial charge in [-0.15, -0.1) is 11.3 Å². The lowest BCUT2D eigenvalue weighted by Gasteiger charge is -2.37. The number of benzene rings is 1. The van der Waals surface area contributed by atoms with E-state index in [9.17, 15) is 29.5 Å². The number of ether oxygens (including phenoxy) is 1. The Bertz CT molecular complexity index is 2640. The highest BCUT2D eigenvalue weighted by Gasteiger charge is 2.45. The molecule has 2 aliphatic heterocycles. The van der Waals surface area contributed by atoms with Gasteiger partial charge in [-0.1, -0.05) is 45.0 Å². The first-order valence-corrected chi connectivity index (χ1v) is 24.7. The van der Waals surface area contributed by atoms with E-state index in [2.05, 4.69) is 57.1 Å². The van der Waals surface area contributed by atoms with Crippen LogP contribution in [0.1, 0.15) is 92.2 Å². The lowest BCUT2D eigenvalue weighted by Crippen LogP contribution is -2.59. The zero-order valence-corrected chi connectivity index (χ0v) is 41.9. The molecule has 7 rings (SSSR count). The molecule has 0 saturated carbocycles. The Balaban J connectivity index is 0.791. The summed E-state index contributed by atoms with van der Waals surface area (Å²) in [6, 6.07) is 14.8. The van der Waals surface area contributed by atoms with Gasteiger partial charge in [0.15, 0.2) is 0 Å². The van der Waals surface area contributed by atoms with Crippen LogP contribution in [-0.4, -0.2) is 150 Å². The van der Waals surface area contributed by atoms with Crippen LogP contribution in [0.25, 0.3) is 21.8 Å². The van der Waals surface area contributed by atoms with Crippen molar-refractivity contribution in [3.63, 3.8) is 0 Å². The van der Waals surface area contributed by atoms with E-state index in [1.54, 1.807) is 41.1 Å². The highest BCUT2D eigenvalue weighted by Crippen LogP contribution is 2.30. The van der Waals surface area contributed by atoms with E-state index in [1.807, 2.05) is 83.6 Å². The summed E-state index contributed by atoms with van der Waals surface area (Å²) < 4.78 is 7.64. The number of rotatable bonds is 19. The molecule has 1 aromatic carbocycles. The minimum atomic E-state index is -0.908. The number of H-pyrrole nitrogens is 1. The summed E-state index contributed by atoms with van der Waals surface area (Å²) in [6.07, 6.45) is 1.87. The first-order chi connectivity index (χ1) is 33.4. The maximum Gasteiger partial charge on any atom is 0.272 e. The van der Waals surface area contributed by atoms with Gasteiger partial charge in [0.05, 0.1) is 70.6 Å². The van der Waals surface area contributed by atoms with Crippen molar-refractivity contribution < 1.29 is 29.0 Å². The average molecular weight is 976 g/mol. The van der Waals surface area contributed by atoms with E-state index in [-0.39, 0.29) is 61.6 Å². The van der Waals surface area contributed by atoms with Gasteiger partial charge in [0.1, 0.15) is 29.5 Å². The fourth-order valence-electron chi connectivity index (χ4n) is 8.77. The van der Waals surface area contributed by atoms with Gasteiger partial charge in [-0.25, -0.2) is 4.98 Å². The third-order valence-corrected chi connectivity index (χ3v) is 13.7. The number of nitrogens with one attached hydrogen (secondary N) is 4. The van der Waals surface area contributed by atoms with Crippen LogP contribution in [0.15, 0.2) is 60.2 Å². The second-order valence-corrected chi connectivity index (χ2v) is 20.3. The van der Waals surface area contributed by atoms with Crippen LogP contribution in [-0.2, 0) is 32.3 Å². The number of pyridine rings is 1. The molecular weight excluding hydrogens is 911 g/mol. The molecule has 0 radical (unpaired) electrons. The smallest absolute Gasteiger partial charge is 0.272 e. The van der Waals surface area contributed by atoms with E-state index in [0.29, 0.717) is 54.6 Å². The van der Waals surface area contributed by atoms with Gasteiger partial charge in [0.2, 0.25) is 17.7 Å². The lowest BCUT2D eigenvalue weighted by atomic mass is 9.85. The van der Waals surface area contributed by atoms with Gasteiger partial charge < -0.3 is 35.6 Å². The van der Waals surface area contributed by atoms with Gasteiger partial charge in [-0.05, 0) is 74.9 Å². The summed E-state index contributed by atoms with van der Waals surface area (Å²) in [5.41, 5.74) is 7.56. The number of amides is 4. The number of carbonyl (C=O) groups excluding carboxylic acids is 4. The first kappa shape index (κ1) is 51.5. The van der Waals surface area contributed by atoms with Crippen LogP contribution >= 0.6 is 11.3 Å². The second-order valence-electron chi connectivity index (χ2n) is 19.4. The van der Waals surface area contributed by atoms with Crippen molar-refractivity contribution in [1.82, 2.24) is 60.6 Å². The number of carbonyl (C=O) groups is 4. The molecule has 0 bridgehead atoms. The van der Waals surface area contributed by atoms with Crippen molar-refractivity contribution in [2.24, 2.45) is 5.41 Å². The van der Waals surface area contributed by atoms with Crippen LogP contribution in [0.2, 0.25) is 0 Å². The van der Waals surface area contributed by atoms with Crippen molar-refractivity contribution in [3.8, 4) is 27.9 Å². The number of nitriles is 1. The van der Waals surface area contributed by atoms with Gasteiger partial charge in [-0.2, -0.15) is 15.5 Å². The van der Waals surface area contributed by atoms with Gasteiger partial charge in [0, 0.05) is 64.5 Å². The minimum Gasteiger partial charge on any atom is -0.391 e. The summed E-state index contributed by atoms with van der Waals surface area (Å²) >= 11 is 1.58. The molecule has 5 N–H and O–H groups in total. The van der Waals surface area contributed by atoms with Crippen molar-refractivity contribution in [3.05, 3.63) is 94.1 Å². The number of β-amino-alcohol motifs (C(OH)–C–C–N with tert-alkyl or cyclic N) is 1. The molecular formula is C50H65N13O6S. The molecule has 4 aromatic heterocycles. The largest absolute Gasteiger partial charge is 0.391 e. The maximum absolute atomic E-state index is 14.2. The van der Waals surface area contributed by atoms with E-state index in [4.69, 9.17) is 4.74 Å². The predicted octanol–water partition coefficient (Wildman–Crippen LogP) is 3.99. The van der Waals surface area contributed by atoms with Crippen LogP contribution in [0, 0.1) is 30.6 Å². The number of aromatic nitrogens is 6. The zero-order valence-electron chi connectivity index (χ0n) is 41.1. The Hall–Kier alpha value is -6.37. The van der Waals surface area contributed by atoms with Crippen LogP contribution in [0.5, 0.6) is 0 Å².